The van der Waals surface area contributed by atoms with Gasteiger partial charge in [-0.2, -0.15) is 4.98 Å². The summed E-state index contributed by atoms with van der Waals surface area (Å²) < 4.78 is 1.74. The van der Waals surface area contributed by atoms with Gasteiger partial charge in [-0.3, -0.25) is 0 Å². The van der Waals surface area contributed by atoms with Crippen LogP contribution in [-0.4, -0.2) is 32.4 Å². The highest BCUT2D eigenvalue weighted by atomic mass is 16.3. The standard InChI is InChI=1S/C12H18N4O/c1-8(2)10(7-17)13-12-14-11-5-4-9(3)6-16(11)15-12/h4-6,8,10,17H,7H2,1-3H3,(H,13,15). The molecule has 0 saturated heterocycles. The zero-order chi connectivity index (χ0) is 12.4. The number of nitrogens with zero attached hydrogens (tertiary/aromatic N) is 3. The van der Waals surface area contributed by atoms with Crippen LogP contribution in [0.3, 0.4) is 0 Å². The predicted molar refractivity (Wildman–Crippen MR) is 67.1 cm³/mol. The van der Waals surface area contributed by atoms with Crippen LogP contribution in [0.25, 0.3) is 5.65 Å². The Balaban J connectivity index is 2.24. The third-order valence-corrected chi connectivity index (χ3v) is 2.79. The molecule has 17 heavy (non-hydrogen) atoms. The minimum absolute atomic E-state index is 0.0199. The van der Waals surface area contributed by atoms with Gasteiger partial charge in [-0.05, 0) is 24.5 Å². The van der Waals surface area contributed by atoms with Crippen molar-refractivity contribution in [3.63, 3.8) is 0 Å². The molecule has 92 valence electrons. The van der Waals surface area contributed by atoms with Gasteiger partial charge >= 0.3 is 0 Å². The lowest BCUT2D eigenvalue weighted by Gasteiger charge is -2.18. The zero-order valence-corrected chi connectivity index (χ0v) is 10.4. The third-order valence-electron chi connectivity index (χ3n) is 2.79. The van der Waals surface area contributed by atoms with E-state index >= 15 is 0 Å². The Labute approximate surface area is 100 Å². The summed E-state index contributed by atoms with van der Waals surface area (Å²) in [4.78, 5) is 4.35. The van der Waals surface area contributed by atoms with Gasteiger partial charge in [0.05, 0.1) is 12.6 Å². The molecule has 5 nitrogen and oxygen atoms in total. The lowest BCUT2D eigenvalue weighted by atomic mass is 10.1. The van der Waals surface area contributed by atoms with Crippen molar-refractivity contribution in [2.75, 3.05) is 11.9 Å². The molecule has 0 saturated carbocycles. The van der Waals surface area contributed by atoms with Crippen LogP contribution in [0.1, 0.15) is 19.4 Å². The Bertz CT molecular complexity index is 506. The molecule has 1 atom stereocenters. The Hall–Kier alpha value is -1.62. The zero-order valence-electron chi connectivity index (χ0n) is 10.4. The van der Waals surface area contributed by atoms with Gasteiger partial charge in [0.2, 0.25) is 5.95 Å². The van der Waals surface area contributed by atoms with Crippen LogP contribution in [0.2, 0.25) is 0 Å². The van der Waals surface area contributed by atoms with Gasteiger partial charge in [-0.25, -0.2) is 4.52 Å². The first-order valence-electron chi connectivity index (χ1n) is 5.80. The molecule has 0 fully saturated rings. The molecule has 2 aromatic rings. The molecule has 0 amide bonds. The molecule has 5 heteroatoms. The van der Waals surface area contributed by atoms with Crippen LogP contribution in [0.15, 0.2) is 18.3 Å². The van der Waals surface area contributed by atoms with Crippen molar-refractivity contribution >= 4 is 11.6 Å². The SMILES string of the molecule is Cc1ccc2nc(NC(CO)C(C)C)nn2c1. The van der Waals surface area contributed by atoms with Crippen LogP contribution in [0.5, 0.6) is 0 Å². The highest BCUT2D eigenvalue weighted by Crippen LogP contribution is 2.11. The molecule has 0 aliphatic carbocycles. The van der Waals surface area contributed by atoms with E-state index in [0.717, 1.165) is 11.2 Å². The van der Waals surface area contributed by atoms with Gasteiger partial charge < -0.3 is 10.4 Å². The van der Waals surface area contributed by atoms with E-state index in [1.54, 1.807) is 4.52 Å². The molecular weight excluding hydrogens is 216 g/mol. The Morgan fingerprint density at radius 2 is 2.18 bits per heavy atom. The van der Waals surface area contributed by atoms with E-state index in [9.17, 15) is 5.11 Å². The average molecular weight is 234 g/mol. The number of aliphatic hydroxyl groups is 1. The Kier molecular flexibility index (Phi) is 3.28. The number of rotatable bonds is 4. The first-order valence-corrected chi connectivity index (χ1v) is 5.80. The molecular formula is C12H18N4O. The van der Waals surface area contributed by atoms with Crippen LogP contribution in [-0.2, 0) is 0 Å². The van der Waals surface area contributed by atoms with Crippen LogP contribution < -0.4 is 5.32 Å². The number of aliphatic hydroxyl groups excluding tert-OH is 1. The molecule has 0 bridgehead atoms. The van der Waals surface area contributed by atoms with E-state index in [4.69, 9.17) is 0 Å². The Morgan fingerprint density at radius 3 is 2.82 bits per heavy atom. The minimum atomic E-state index is -0.0199. The predicted octanol–water partition coefficient (Wildman–Crippen LogP) is 1.47. The lowest BCUT2D eigenvalue weighted by Crippen LogP contribution is -2.29. The van der Waals surface area contributed by atoms with Crippen molar-refractivity contribution in [3.05, 3.63) is 23.9 Å². The summed E-state index contributed by atoms with van der Waals surface area (Å²) in [5.41, 5.74) is 1.94. The van der Waals surface area contributed by atoms with E-state index in [1.165, 1.54) is 0 Å². The van der Waals surface area contributed by atoms with Crippen molar-refractivity contribution in [3.8, 4) is 0 Å². The van der Waals surface area contributed by atoms with Gasteiger partial charge in [0.1, 0.15) is 0 Å². The first kappa shape index (κ1) is 11.9. The van der Waals surface area contributed by atoms with Crippen molar-refractivity contribution in [2.45, 2.75) is 26.8 Å². The van der Waals surface area contributed by atoms with E-state index in [1.807, 2.05) is 39.1 Å². The molecule has 1 unspecified atom stereocenters. The van der Waals surface area contributed by atoms with Crippen LogP contribution in [0, 0.1) is 12.8 Å². The highest BCUT2D eigenvalue weighted by molar-refractivity contribution is 5.44. The normalized spacial score (nSPS) is 13.2. The number of hydrogen-bond acceptors (Lipinski definition) is 4. The number of aromatic nitrogens is 3. The number of anilines is 1. The monoisotopic (exact) mass is 234 g/mol. The summed E-state index contributed by atoms with van der Waals surface area (Å²) in [6.07, 6.45) is 1.93. The second kappa shape index (κ2) is 4.71. The number of pyridine rings is 1. The first-order chi connectivity index (χ1) is 8.10. The molecule has 0 aromatic carbocycles. The minimum Gasteiger partial charge on any atom is -0.394 e. The summed E-state index contributed by atoms with van der Waals surface area (Å²) >= 11 is 0. The average Bonchev–Trinajstić information content (AvgIpc) is 2.66. The second-order valence-corrected chi connectivity index (χ2v) is 4.62. The third kappa shape index (κ3) is 2.55. The molecule has 2 aromatic heterocycles. The second-order valence-electron chi connectivity index (χ2n) is 4.62. The van der Waals surface area contributed by atoms with Gasteiger partial charge in [0.15, 0.2) is 5.65 Å². The summed E-state index contributed by atoms with van der Waals surface area (Å²) in [5.74, 6) is 0.886. The maximum Gasteiger partial charge on any atom is 0.243 e. The molecule has 2 heterocycles. The van der Waals surface area contributed by atoms with Crippen LogP contribution in [0.4, 0.5) is 5.95 Å². The van der Waals surface area contributed by atoms with Crippen LogP contribution >= 0.6 is 0 Å². The van der Waals surface area contributed by atoms with Crippen molar-refractivity contribution in [1.29, 1.82) is 0 Å². The molecule has 2 rings (SSSR count). The Morgan fingerprint density at radius 1 is 1.41 bits per heavy atom. The molecule has 0 spiro atoms. The molecule has 2 N–H and O–H groups in total. The largest absolute Gasteiger partial charge is 0.394 e. The number of fused-ring (bicyclic) bond motifs is 1. The van der Waals surface area contributed by atoms with Gasteiger partial charge in [0, 0.05) is 6.20 Å². The van der Waals surface area contributed by atoms with Crippen molar-refractivity contribution in [1.82, 2.24) is 14.6 Å². The molecule has 0 aliphatic heterocycles. The van der Waals surface area contributed by atoms with Crippen molar-refractivity contribution in [2.24, 2.45) is 5.92 Å². The fraction of sp³-hybridized carbons (Fsp3) is 0.500. The number of hydrogen-bond donors (Lipinski definition) is 2. The van der Waals surface area contributed by atoms with E-state index in [-0.39, 0.29) is 12.6 Å². The molecule has 0 radical (unpaired) electrons. The van der Waals surface area contributed by atoms with E-state index in [2.05, 4.69) is 15.4 Å². The summed E-state index contributed by atoms with van der Waals surface area (Å²) in [6, 6.07) is 3.91. The quantitative estimate of drug-likeness (QED) is 0.841. The number of aryl methyl sites for hydroxylation is 1. The van der Waals surface area contributed by atoms with Gasteiger partial charge in [-0.1, -0.05) is 19.9 Å². The summed E-state index contributed by atoms with van der Waals surface area (Å²) in [7, 11) is 0. The summed E-state index contributed by atoms with van der Waals surface area (Å²) in [5, 5.41) is 16.7. The number of nitrogens with one attached hydrogen (secondary N) is 1. The van der Waals surface area contributed by atoms with Crippen molar-refractivity contribution < 1.29 is 5.11 Å². The topological polar surface area (TPSA) is 62.5 Å². The molecule has 0 aliphatic rings. The fourth-order valence-corrected chi connectivity index (χ4v) is 1.64. The van der Waals surface area contributed by atoms with E-state index in [0.29, 0.717) is 11.9 Å². The lowest BCUT2D eigenvalue weighted by molar-refractivity contribution is 0.248. The van der Waals surface area contributed by atoms with Gasteiger partial charge in [0.25, 0.3) is 0 Å². The highest BCUT2D eigenvalue weighted by Gasteiger charge is 2.14. The summed E-state index contributed by atoms with van der Waals surface area (Å²) in [6.45, 7) is 6.19. The van der Waals surface area contributed by atoms with E-state index < -0.39 is 0 Å². The smallest absolute Gasteiger partial charge is 0.243 e. The fourth-order valence-electron chi connectivity index (χ4n) is 1.64. The van der Waals surface area contributed by atoms with Gasteiger partial charge in [-0.15, -0.1) is 5.10 Å². The maximum absolute atomic E-state index is 9.25. The maximum atomic E-state index is 9.25.